The Kier molecular flexibility index (Phi) is 5.91. The molecule has 33 heavy (non-hydrogen) atoms. The van der Waals surface area contributed by atoms with E-state index < -0.39 is 23.4 Å². The van der Waals surface area contributed by atoms with Crippen LogP contribution in [0.2, 0.25) is 0 Å². The predicted molar refractivity (Wildman–Crippen MR) is 128 cm³/mol. The molecule has 1 atom stereocenters. The second-order valence-electron chi connectivity index (χ2n) is 9.66. The molecule has 4 rings (SSSR count). The van der Waals surface area contributed by atoms with Gasteiger partial charge in [-0.05, 0) is 55.9 Å². The van der Waals surface area contributed by atoms with Gasteiger partial charge in [0.15, 0.2) is 11.3 Å². The Morgan fingerprint density at radius 3 is 2.58 bits per heavy atom. The van der Waals surface area contributed by atoms with E-state index in [-0.39, 0.29) is 16.5 Å². The molecule has 0 amide bonds. The van der Waals surface area contributed by atoms with Crippen molar-refractivity contribution in [3.63, 3.8) is 0 Å². The molecule has 1 aliphatic heterocycles. The number of benzene rings is 2. The fraction of sp³-hybridized carbons (Fsp3) is 0.385. The molecule has 0 aliphatic carbocycles. The number of nitrogens with zero attached hydrogens (tertiary/aromatic N) is 1. The van der Waals surface area contributed by atoms with Crippen LogP contribution in [0.4, 0.5) is 16.0 Å². The van der Waals surface area contributed by atoms with E-state index in [4.69, 9.17) is 4.42 Å². The van der Waals surface area contributed by atoms with Crippen molar-refractivity contribution >= 4 is 28.5 Å². The normalized spacial score (nSPS) is 16.6. The number of carbonyl (C=O) groups is 1. The summed E-state index contributed by atoms with van der Waals surface area (Å²) in [7, 11) is 0. The molecule has 0 spiro atoms. The number of fused-ring (bicyclic) bond motifs is 1. The summed E-state index contributed by atoms with van der Waals surface area (Å²) in [5, 5.41) is 13.0. The number of anilines is 2. The van der Waals surface area contributed by atoms with E-state index >= 15 is 0 Å². The van der Waals surface area contributed by atoms with Gasteiger partial charge in [0.2, 0.25) is 0 Å². The molecule has 1 aliphatic rings. The number of piperidine rings is 1. The lowest BCUT2D eigenvalue weighted by molar-refractivity contribution is 0.0693. The van der Waals surface area contributed by atoms with Gasteiger partial charge in [0.05, 0.1) is 17.1 Å². The first-order valence-electron chi connectivity index (χ1n) is 11.2. The highest BCUT2D eigenvalue weighted by Gasteiger charge is 2.27. The van der Waals surface area contributed by atoms with Crippen LogP contribution in [0.25, 0.3) is 11.0 Å². The van der Waals surface area contributed by atoms with Crippen molar-refractivity contribution in [1.82, 2.24) is 0 Å². The van der Waals surface area contributed by atoms with Crippen LogP contribution in [0.1, 0.15) is 61.1 Å². The van der Waals surface area contributed by atoms with Crippen molar-refractivity contribution < 1.29 is 18.7 Å². The zero-order valence-electron chi connectivity index (χ0n) is 19.4. The van der Waals surface area contributed by atoms with E-state index in [9.17, 15) is 19.1 Å². The maximum absolute atomic E-state index is 14.2. The SMILES string of the molecule is Cc1cc(C(C)Nc2cccc(F)c2C(=O)O)c2oc(N3CCC(C)(C)CC3)cc(=O)c2c1. The summed E-state index contributed by atoms with van der Waals surface area (Å²) in [6.45, 7) is 9.82. The maximum Gasteiger partial charge on any atom is 0.340 e. The van der Waals surface area contributed by atoms with Gasteiger partial charge in [0.1, 0.15) is 17.0 Å². The zero-order valence-corrected chi connectivity index (χ0v) is 19.4. The van der Waals surface area contributed by atoms with E-state index in [1.807, 2.05) is 19.9 Å². The molecule has 3 aromatic rings. The van der Waals surface area contributed by atoms with E-state index in [2.05, 4.69) is 24.1 Å². The average molecular weight is 453 g/mol. The van der Waals surface area contributed by atoms with Crippen LogP contribution >= 0.6 is 0 Å². The largest absolute Gasteiger partial charge is 0.478 e. The van der Waals surface area contributed by atoms with Crippen LogP contribution in [0.3, 0.4) is 0 Å². The van der Waals surface area contributed by atoms with Gasteiger partial charge in [0, 0.05) is 24.7 Å². The van der Waals surface area contributed by atoms with E-state index in [0.29, 0.717) is 22.4 Å². The number of carboxylic acids is 1. The quantitative estimate of drug-likeness (QED) is 0.514. The number of rotatable bonds is 5. The van der Waals surface area contributed by atoms with Gasteiger partial charge in [0.25, 0.3) is 0 Å². The number of hydrogen-bond donors (Lipinski definition) is 2. The molecular formula is C26H29FN2O4. The Morgan fingerprint density at radius 1 is 1.21 bits per heavy atom. The topological polar surface area (TPSA) is 82.8 Å². The van der Waals surface area contributed by atoms with Crippen molar-refractivity contribution in [2.24, 2.45) is 5.41 Å². The molecule has 1 aromatic heterocycles. The summed E-state index contributed by atoms with van der Waals surface area (Å²) in [6.07, 6.45) is 2.01. The highest BCUT2D eigenvalue weighted by atomic mass is 19.1. The molecular weight excluding hydrogens is 423 g/mol. The molecule has 2 N–H and O–H groups in total. The van der Waals surface area contributed by atoms with Crippen molar-refractivity contribution in [2.75, 3.05) is 23.3 Å². The lowest BCUT2D eigenvalue weighted by Crippen LogP contribution is -2.37. The zero-order chi connectivity index (χ0) is 23.9. The fourth-order valence-corrected chi connectivity index (χ4v) is 4.40. The summed E-state index contributed by atoms with van der Waals surface area (Å²) in [4.78, 5) is 26.7. The maximum atomic E-state index is 14.2. The van der Waals surface area contributed by atoms with Gasteiger partial charge in [-0.1, -0.05) is 26.0 Å². The Balaban J connectivity index is 1.76. The third-order valence-electron chi connectivity index (χ3n) is 6.48. The first-order chi connectivity index (χ1) is 15.6. The average Bonchev–Trinajstić information content (AvgIpc) is 2.73. The van der Waals surface area contributed by atoms with Crippen LogP contribution in [0.5, 0.6) is 0 Å². The summed E-state index contributed by atoms with van der Waals surface area (Å²) in [5.41, 5.74) is 1.94. The van der Waals surface area contributed by atoms with Gasteiger partial charge in [-0.15, -0.1) is 0 Å². The number of hydrogen-bond acceptors (Lipinski definition) is 5. The van der Waals surface area contributed by atoms with E-state index in [1.165, 1.54) is 12.1 Å². The van der Waals surface area contributed by atoms with Crippen LogP contribution in [-0.2, 0) is 0 Å². The van der Waals surface area contributed by atoms with E-state index in [0.717, 1.165) is 37.6 Å². The molecule has 6 nitrogen and oxygen atoms in total. The van der Waals surface area contributed by atoms with Crippen LogP contribution < -0.4 is 15.6 Å². The molecule has 2 aromatic carbocycles. The lowest BCUT2D eigenvalue weighted by Gasteiger charge is -2.37. The van der Waals surface area contributed by atoms with Crippen LogP contribution in [-0.4, -0.2) is 24.2 Å². The Morgan fingerprint density at radius 2 is 1.91 bits per heavy atom. The summed E-state index contributed by atoms with van der Waals surface area (Å²) >= 11 is 0. The lowest BCUT2D eigenvalue weighted by atomic mass is 9.83. The molecule has 1 saturated heterocycles. The molecule has 0 radical (unpaired) electrons. The predicted octanol–water partition coefficient (Wildman–Crippen LogP) is 5.74. The monoisotopic (exact) mass is 452 g/mol. The summed E-state index contributed by atoms with van der Waals surface area (Å²) < 4.78 is 20.4. The van der Waals surface area contributed by atoms with Gasteiger partial charge in [-0.25, -0.2) is 9.18 Å². The number of nitrogens with one attached hydrogen (secondary N) is 1. The molecule has 1 unspecified atom stereocenters. The first-order valence-corrected chi connectivity index (χ1v) is 11.2. The number of aromatic carboxylic acids is 1. The van der Waals surface area contributed by atoms with Gasteiger partial charge < -0.3 is 19.7 Å². The van der Waals surface area contributed by atoms with Crippen molar-refractivity contribution in [2.45, 2.75) is 46.6 Å². The van der Waals surface area contributed by atoms with Gasteiger partial charge in [-0.2, -0.15) is 0 Å². The minimum absolute atomic E-state index is 0.120. The molecule has 174 valence electrons. The van der Waals surface area contributed by atoms with Gasteiger partial charge >= 0.3 is 5.97 Å². The van der Waals surface area contributed by atoms with Crippen LogP contribution in [0, 0.1) is 18.2 Å². The first kappa shape index (κ1) is 22.8. The number of halogens is 1. The molecule has 0 saturated carbocycles. The third kappa shape index (κ3) is 4.58. The Hall–Kier alpha value is -3.35. The van der Waals surface area contributed by atoms with Gasteiger partial charge in [-0.3, -0.25) is 4.79 Å². The standard InChI is InChI=1S/C26H29FN2O4/c1-15-12-17(16(2)28-20-7-5-6-19(27)23(20)25(31)32)24-18(13-15)21(30)14-22(33-24)29-10-8-26(3,4)9-11-29/h5-7,12-14,16,28H,8-11H2,1-4H3,(H,31,32). The smallest absolute Gasteiger partial charge is 0.340 e. The Labute approximate surface area is 192 Å². The second kappa shape index (κ2) is 8.54. The van der Waals surface area contributed by atoms with Crippen LogP contribution in [0.15, 0.2) is 45.6 Å². The van der Waals surface area contributed by atoms with Crippen molar-refractivity contribution in [3.05, 3.63) is 69.1 Å². The number of aryl methyl sites for hydroxylation is 1. The fourth-order valence-electron chi connectivity index (χ4n) is 4.40. The van der Waals surface area contributed by atoms with Crippen molar-refractivity contribution in [3.8, 4) is 0 Å². The highest BCUT2D eigenvalue weighted by molar-refractivity contribution is 5.94. The molecule has 1 fully saturated rings. The molecule has 2 heterocycles. The molecule has 7 heteroatoms. The molecule has 0 bridgehead atoms. The van der Waals surface area contributed by atoms with E-state index in [1.54, 1.807) is 12.1 Å². The minimum Gasteiger partial charge on any atom is -0.478 e. The second-order valence-corrected chi connectivity index (χ2v) is 9.66. The third-order valence-corrected chi connectivity index (χ3v) is 6.48. The minimum atomic E-state index is -1.35. The summed E-state index contributed by atoms with van der Waals surface area (Å²) in [5.74, 6) is -1.62. The van der Waals surface area contributed by atoms with Crippen molar-refractivity contribution in [1.29, 1.82) is 0 Å². The highest BCUT2D eigenvalue weighted by Crippen LogP contribution is 2.35. The summed E-state index contributed by atoms with van der Waals surface area (Å²) in [6, 6.07) is 8.92. The number of carboxylic acid groups (broad SMARTS) is 1. The Bertz CT molecular complexity index is 1270.